The maximum atomic E-state index is 15.1. The topological polar surface area (TPSA) is 81.2 Å². The molecule has 0 saturated carbocycles. The summed E-state index contributed by atoms with van der Waals surface area (Å²) in [6.07, 6.45) is 6.43. The molecule has 2 bridgehead atoms. The minimum absolute atomic E-state index is 0.0251. The van der Waals surface area contributed by atoms with E-state index in [1.165, 1.54) is 0 Å². The fourth-order valence-electron chi connectivity index (χ4n) is 8.37. The number of para-hydroxylation sites is 1. The Bertz CT molecular complexity index is 1240. The first-order valence-corrected chi connectivity index (χ1v) is 17.1. The highest BCUT2D eigenvalue weighted by Gasteiger charge is 2.75. The number of nitrogens with zero attached hydrogens (tertiary/aromatic N) is 3. The van der Waals surface area contributed by atoms with Crippen LogP contribution in [0.2, 0.25) is 0 Å². The van der Waals surface area contributed by atoms with Crippen molar-refractivity contribution in [2.45, 2.75) is 102 Å². The summed E-state index contributed by atoms with van der Waals surface area (Å²) in [5, 5.41) is 10.7. The van der Waals surface area contributed by atoms with Gasteiger partial charge >= 0.3 is 0 Å². The molecule has 3 amide bonds. The highest BCUT2D eigenvalue weighted by Crippen LogP contribution is 2.67. The number of thioether (sulfide) groups is 1. The Kier molecular flexibility index (Phi) is 10.2. The van der Waals surface area contributed by atoms with Crippen LogP contribution in [0, 0.1) is 23.2 Å². The quantitative estimate of drug-likeness (QED) is 0.276. The summed E-state index contributed by atoms with van der Waals surface area (Å²) in [5.41, 5.74) is 0.217. The third-order valence-corrected chi connectivity index (χ3v) is 12.0. The first kappa shape index (κ1) is 34.3. The largest absolute Gasteiger partial charge is 0.394 e. The molecule has 0 aliphatic carbocycles. The molecular weight excluding hydrogens is 570 g/mol. The Balaban J connectivity index is 1.84. The lowest BCUT2D eigenvalue weighted by Gasteiger charge is -2.47. The van der Waals surface area contributed by atoms with E-state index in [1.807, 2.05) is 49.1 Å². The zero-order valence-corrected chi connectivity index (χ0v) is 28.6. The van der Waals surface area contributed by atoms with Gasteiger partial charge in [0, 0.05) is 29.6 Å². The Morgan fingerprint density at radius 2 is 1.75 bits per heavy atom. The lowest BCUT2D eigenvalue weighted by molar-refractivity contribution is -0.150. The van der Waals surface area contributed by atoms with Gasteiger partial charge in [-0.3, -0.25) is 14.4 Å². The van der Waals surface area contributed by atoms with E-state index in [9.17, 15) is 14.7 Å². The van der Waals surface area contributed by atoms with Gasteiger partial charge < -0.3 is 19.8 Å². The average Bonchev–Trinajstić information content (AvgIpc) is 3.61. The lowest BCUT2D eigenvalue weighted by Crippen LogP contribution is -2.62. The van der Waals surface area contributed by atoms with Crippen LogP contribution in [0.15, 0.2) is 55.6 Å². The van der Waals surface area contributed by atoms with Gasteiger partial charge in [-0.15, -0.1) is 24.9 Å². The lowest BCUT2D eigenvalue weighted by atomic mass is 9.70. The minimum atomic E-state index is -0.775. The highest BCUT2D eigenvalue weighted by atomic mass is 32.2. The minimum Gasteiger partial charge on any atom is -0.394 e. The number of carbonyl (C=O) groups excluding carboxylic acids is 3. The highest BCUT2D eigenvalue weighted by molar-refractivity contribution is 8.02. The molecule has 7 nitrogen and oxygen atoms in total. The Morgan fingerprint density at radius 1 is 1.11 bits per heavy atom. The zero-order valence-electron chi connectivity index (χ0n) is 27.8. The van der Waals surface area contributed by atoms with Crippen molar-refractivity contribution in [3.8, 4) is 0 Å². The van der Waals surface area contributed by atoms with Crippen LogP contribution in [0.3, 0.4) is 0 Å². The normalized spacial score (nSPS) is 27.5. The second-order valence-electron chi connectivity index (χ2n) is 14.8. The van der Waals surface area contributed by atoms with Crippen LogP contribution in [0.1, 0.15) is 74.1 Å². The Labute approximate surface area is 269 Å². The first-order chi connectivity index (χ1) is 20.7. The van der Waals surface area contributed by atoms with Gasteiger partial charge in [-0.05, 0) is 56.6 Å². The molecule has 1 aromatic carbocycles. The van der Waals surface area contributed by atoms with Crippen molar-refractivity contribution in [1.82, 2.24) is 9.80 Å². The molecule has 242 valence electrons. The number of rotatable bonds is 13. The molecular formula is C36H53N3O4S. The molecule has 0 aromatic heterocycles. The summed E-state index contributed by atoms with van der Waals surface area (Å²) < 4.78 is -0.742. The van der Waals surface area contributed by atoms with Gasteiger partial charge in [-0.25, -0.2) is 0 Å². The summed E-state index contributed by atoms with van der Waals surface area (Å²) in [7, 11) is 0. The molecule has 1 spiro atoms. The van der Waals surface area contributed by atoms with Crippen LogP contribution >= 0.6 is 11.8 Å². The SMILES string of the molecule is C=CCN(C(=O)[C@@H]1[C@@H]2CCC3(S2)C(C(=O)N(CC=C)C(C)(C)CC(C)(C)C)N([C@@H](CO)[C@@H](C)CC)C(=O)[C@H]13)c1ccccc1. The van der Waals surface area contributed by atoms with Gasteiger partial charge in [0.2, 0.25) is 17.7 Å². The maximum absolute atomic E-state index is 15.1. The van der Waals surface area contributed by atoms with E-state index in [1.54, 1.807) is 33.7 Å². The molecule has 8 heteroatoms. The summed E-state index contributed by atoms with van der Waals surface area (Å²) in [5.74, 6) is -1.60. The van der Waals surface area contributed by atoms with Crippen molar-refractivity contribution in [1.29, 1.82) is 0 Å². The van der Waals surface area contributed by atoms with E-state index in [4.69, 9.17) is 0 Å². The van der Waals surface area contributed by atoms with Crippen molar-refractivity contribution in [2.24, 2.45) is 23.2 Å². The van der Waals surface area contributed by atoms with E-state index in [0.29, 0.717) is 19.5 Å². The van der Waals surface area contributed by atoms with E-state index >= 15 is 4.79 Å². The Hall–Kier alpha value is -2.58. The molecule has 44 heavy (non-hydrogen) atoms. The average molecular weight is 624 g/mol. The zero-order chi connectivity index (χ0) is 32.6. The molecule has 4 rings (SSSR count). The number of carbonyl (C=O) groups is 3. The molecule has 3 fully saturated rings. The van der Waals surface area contributed by atoms with Crippen molar-refractivity contribution in [3.05, 3.63) is 55.6 Å². The second-order valence-corrected chi connectivity index (χ2v) is 16.4. The number of hydrogen-bond donors (Lipinski definition) is 1. The second kappa shape index (κ2) is 13.0. The number of anilines is 1. The molecule has 2 unspecified atom stereocenters. The van der Waals surface area contributed by atoms with E-state index < -0.39 is 34.2 Å². The fraction of sp³-hybridized carbons (Fsp3) is 0.639. The van der Waals surface area contributed by atoms with Crippen LogP contribution < -0.4 is 4.90 Å². The van der Waals surface area contributed by atoms with Crippen LogP contribution in [-0.4, -0.2) is 79.9 Å². The summed E-state index contributed by atoms with van der Waals surface area (Å²) in [6.45, 7) is 23.1. The molecule has 1 N–H and O–H groups in total. The summed E-state index contributed by atoms with van der Waals surface area (Å²) in [6, 6.07) is 8.23. The maximum Gasteiger partial charge on any atom is 0.247 e. The monoisotopic (exact) mass is 623 g/mol. The molecule has 3 aliphatic heterocycles. The summed E-state index contributed by atoms with van der Waals surface area (Å²) >= 11 is 1.68. The molecule has 3 aliphatic rings. The molecule has 1 aromatic rings. The molecule has 3 saturated heterocycles. The smallest absolute Gasteiger partial charge is 0.247 e. The van der Waals surface area contributed by atoms with Gasteiger partial charge in [-0.1, -0.05) is 71.4 Å². The number of aliphatic hydroxyl groups is 1. The van der Waals surface area contributed by atoms with Crippen molar-refractivity contribution < 1.29 is 19.5 Å². The van der Waals surface area contributed by atoms with Crippen LogP contribution in [0.5, 0.6) is 0 Å². The van der Waals surface area contributed by atoms with Gasteiger partial charge in [0.1, 0.15) is 6.04 Å². The van der Waals surface area contributed by atoms with Gasteiger partial charge in [0.05, 0.1) is 29.2 Å². The number of benzene rings is 1. The van der Waals surface area contributed by atoms with Crippen LogP contribution in [0.25, 0.3) is 0 Å². The van der Waals surface area contributed by atoms with Gasteiger partial charge in [0.15, 0.2) is 0 Å². The van der Waals surface area contributed by atoms with E-state index in [2.05, 4.69) is 47.8 Å². The van der Waals surface area contributed by atoms with Gasteiger partial charge in [-0.2, -0.15) is 0 Å². The van der Waals surface area contributed by atoms with Gasteiger partial charge in [0.25, 0.3) is 0 Å². The third kappa shape index (κ3) is 6.01. The molecule has 0 radical (unpaired) electrons. The number of fused-ring (bicyclic) bond motifs is 1. The standard InChI is InChI=1S/C36H53N3O4S/c1-10-20-37(25-16-14-13-15-17-25)31(41)28-27-18-19-36(44-27)29(28)32(42)39(26(22-40)24(4)12-3)30(36)33(43)38(21-11-2)35(8,9)23-34(5,6)7/h10-11,13-17,24,26-30,40H,1-2,12,18-23H2,3-9H3/t24-,26-,27-,28+,29-,30?,36?/m0/s1. The number of amides is 3. The van der Waals surface area contributed by atoms with Crippen molar-refractivity contribution in [2.75, 3.05) is 24.6 Å². The van der Waals surface area contributed by atoms with Crippen LogP contribution in [-0.2, 0) is 14.4 Å². The number of aliphatic hydroxyl groups excluding tert-OH is 1. The predicted molar refractivity (Wildman–Crippen MR) is 180 cm³/mol. The molecule has 3 heterocycles. The molecule has 7 atom stereocenters. The van der Waals surface area contributed by atoms with E-state index in [0.717, 1.165) is 24.9 Å². The summed E-state index contributed by atoms with van der Waals surface area (Å²) in [4.78, 5) is 49.8. The Morgan fingerprint density at radius 3 is 2.30 bits per heavy atom. The third-order valence-electron chi connectivity index (χ3n) is 10.0. The first-order valence-electron chi connectivity index (χ1n) is 16.2. The van der Waals surface area contributed by atoms with Crippen LogP contribution in [0.4, 0.5) is 5.69 Å². The predicted octanol–water partition coefficient (Wildman–Crippen LogP) is 5.93. The number of hydrogen-bond acceptors (Lipinski definition) is 5. The fourth-order valence-corrected chi connectivity index (χ4v) is 10.6. The van der Waals surface area contributed by atoms with Crippen molar-refractivity contribution >= 4 is 35.2 Å². The number of likely N-dealkylation sites (tertiary alicyclic amines) is 1. The van der Waals surface area contributed by atoms with E-state index in [-0.39, 0.29) is 40.9 Å². The van der Waals surface area contributed by atoms with Crippen molar-refractivity contribution in [3.63, 3.8) is 0 Å².